The second-order valence-electron chi connectivity index (χ2n) is 10.0. The molecule has 0 aliphatic heterocycles. The van der Waals surface area contributed by atoms with Crippen LogP contribution in [0.15, 0.2) is 30.3 Å². The van der Waals surface area contributed by atoms with Crippen molar-refractivity contribution in [2.24, 2.45) is 28.1 Å². The predicted octanol–water partition coefficient (Wildman–Crippen LogP) is 5.99. The summed E-state index contributed by atoms with van der Waals surface area (Å²) in [5, 5.41) is 0. The first-order valence-electron chi connectivity index (χ1n) is 9.87. The van der Waals surface area contributed by atoms with Crippen LogP contribution in [0.25, 0.3) is 0 Å². The van der Waals surface area contributed by atoms with Crippen LogP contribution in [0, 0.1) is 28.1 Å². The maximum atomic E-state index is 13.3. The number of hydrogen-bond acceptors (Lipinski definition) is 1. The second-order valence-corrected chi connectivity index (χ2v) is 10.0. The molecule has 1 aromatic carbocycles. The van der Waals surface area contributed by atoms with Crippen LogP contribution in [0.3, 0.4) is 0 Å². The standard InChI is InChI=1S/C23H32O/c1-21(2)12-8-13-23(4)19(21)11-14-22(3)17(15-18(24)20(22)23)16-9-6-5-7-10-16/h5-7,9-10,17,19-20H,8,11-15H2,1-4H3/t17-,19+,20+,22-,23+/m0/s1. The van der Waals surface area contributed by atoms with E-state index in [1.165, 1.54) is 37.7 Å². The lowest BCUT2D eigenvalue weighted by atomic mass is 9.43. The topological polar surface area (TPSA) is 17.1 Å². The van der Waals surface area contributed by atoms with Crippen LogP contribution in [0.4, 0.5) is 0 Å². The van der Waals surface area contributed by atoms with Crippen LogP contribution in [0.5, 0.6) is 0 Å². The van der Waals surface area contributed by atoms with Gasteiger partial charge in [0, 0.05) is 12.3 Å². The number of fused-ring (bicyclic) bond motifs is 3. The van der Waals surface area contributed by atoms with Gasteiger partial charge in [-0.15, -0.1) is 0 Å². The molecule has 5 atom stereocenters. The SMILES string of the molecule is CC1(C)CCC[C@@]2(C)[C@@H]3C(=O)C[C@@H](c4ccccc4)[C@]3(C)CC[C@H]12. The molecule has 3 aliphatic carbocycles. The first-order chi connectivity index (χ1) is 11.3. The average Bonchev–Trinajstić information content (AvgIpc) is 2.79. The summed E-state index contributed by atoms with van der Waals surface area (Å²) in [6, 6.07) is 10.8. The van der Waals surface area contributed by atoms with Crippen molar-refractivity contribution in [1.82, 2.24) is 0 Å². The van der Waals surface area contributed by atoms with Crippen molar-refractivity contribution in [1.29, 1.82) is 0 Å². The van der Waals surface area contributed by atoms with Gasteiger partial charge in [0.2, 0.25) is 0 Å². The van der Waals surface area contributed by atoms with Crippen molar-refractivity contribution in [3.05, 3.63) is 35.9 Å². The minimum absolute atomic E-state index is 0.150. The smallest absolute Gasteiger partial charge is 0.137 e. The van der Waals surface area contributed by atoms with Gasteiger partial charge in [0.1, 0.15) is 5.78 Å². The number of rotatable bonds is 1. The summed E-state index contributed by atoms with van der Waals surface area (Å²) in [7, 11) is 0. The van der Waals surface area contributed by atoms with Crippen molar-refractivity contribution >= 4 is 5.78 Å². The molecule has 0 bridgehead atoms. The van der Waals surface area contributed by atoms with Crippen molar-refractivity contribution < 1.29 is 4.79 Å². The van der Waals surface area contributed by atoms with Gasteiger partial charge >= 0.3 is 0 Å². The zero-order valence-electron chi connectivity index (χ0n) is 15.8. The molecule has 0 heterocycles. The third kappa shape index (κ3) is 2.09. The maximum absolute atomic E-state index is 13.3. The molecule has 1 aromatic rings. The summed E-state index contributed by atoms with van der Waals surface area (Å²) in [5.41, 5.74) is 2.12. The Hall–Kier alpha value is -1.11. The van der Waals surface area contributed by atoms with Crippen LogP contribution >= 0.6 is 0 Å². The van der Waals surface area contributed by atoms with E-state index in [-0.39, 0.29) is 16.7 Å². The van der Waals surface area contributed by atoms with Crippen molar-refractivity contribution in [3.8, 4) is 0 Å². The average molecular weight is 325 g/mol. The Balaban J connectivity index is 1.77. The van der Waals surface area contributed by atoms with Gasteiger partial charge in [0.25, 0.3) is 0 Å². The summed E-state index contributed by atoms with van der Waals surface area (Å²) in [6.45, 7) is 9.80. The van der Waals surface area contributed by atoms with E-state index in [9.17, 15) is 4.79 Å². The molecule has 3 fully saturated rings. The Bertz CT molecular complexity index is 645. The van der Waals surface area contributed by atoms with E-state index in [2.05, 4.69) is 58.0 Å². The molecular formula is C23H32O. The van der Waals surface area contributed by atoms with E-state index in [1.807, 2.05) is 0 Å². The van der Waals surface area contributed by atoms with Gasteiger partial charge in [-0.1, -0.05) is 64.4 Å². The fourth-order valence-electron chi connectivity index (χ4n) is 7.43. The molecule has 0 saturated heterocycles. The summed E-state index contributed by atoms with van der Waals surface area (Å²) < 4.78 is 0. The van der Waals surface area contributed by atoms with Gasteiger partial charge in [-0.2, -0.15) is 0 Å². The predicted molar refractivity (Wildman–Crippen MR) is 98.9 cm³/mol. The van der Waals surface area contributed by atoms with Crippen LogP contribution in [0.2, 0.25) is 0 Å². The van der Waals surface area contributed by atoms with Gasteiger partial charge < -0.3 is 0 Å². The van der Waals surface area contributed by atoms with E-state index in [0.29, 0.717) is 23.0 Å². The van der Waals surface area contributed by atoms with Gasteiger partial charge in [0.15, 0.2) is 0 Å². The lowest BCUT2D eigenvalue weighted by Crippen LogP contribution is -2.55. The summed E-state index contributed by atoms with van der Waals surface area (Å²) in [6.07, 6.45) is 7.13. The van der Waals surface area contributed by atoms with Gasteiger partial charge in [0.05, 0.1) is 0 Å². The summed E-state index contributed by atoms with van der Waals surface area (Å²) in [5.74, 6) is 1.93. The third-order valence-corrected chi connectivity index (χ3v) is 8.29. The molecule has 0 aromatic heterocycles. The van der Waals surface area contributed by atoms with Gasteiger partial charge in [-0.3, -0.25) is 4.79 Å². The molecule has 0 N–H and O–H groups in total. The molecule has 0 unspecified atom stereocenters. The number of carbonyl (C=O) groups excluding carboxylic acids is 1. The number of ketones is 1. The molecule has 0 amide bonds. The largest absolute Gasteiger partial charge is 0.299 e. The Morgan fingerprint density at radius 3 is 2.33 bits per heavy atom. The molecule has 3 aliphatic rings. The van der Waals surface area contributed by atoms with E-state index in [1.54, 1.807) is 0 Å². The molecule has 24 heavy (non-hydrogen) atoms. The highest BCUT2D eigenvalue weighted by molar-refractivity contribution is 5.87. The van der Waals surface area contributed by atoms with Crippen molar-refractivity contribution in [2.45, 2.75) is 72.1 Å². The van der Waals surface area contributed by atoms with E-state index < -0.39 is 0 Å². The van der Waals surface area contributed by atoms with Crippen LogP contribution in [-0.4, -0.2) is 5.78 Å². The van der Waals surface area contributed by atoms with Crippen LogP contribution in [0.1, 0.15) is 77.7 Å². The quantitative estimate of drug-likeness (QED) is 0.620. The lowest BCUT2D eigenvalue weighted by Gasteiger charge is -2.61. The highest BCUT2D eigenvalue weighted by Gasteiger charge is 2.65. The Morgan fingerprint density at radius 1 is 0.917 bits per heavy atom. The van der Waals surface area contributed by atoms with E-state index in [0.717, 1.165) is 6.42 Å². The van der Waals surface area contributed by atoms with Crippen LogP contribution < -0.4 is 0 Å². The molecule has 0 spiro atoms. The normalized spacial score (nSPS) is 44.0. The van der Waals surface area contributed by atoms with Crippen molar-refractivity contribution in [3.63, 3.8) is 0 Å². The Labute approximate surface area is 147 Å². The maximum Gasteiger partial charge on any atom is 0.137 e. The fourth-order valence-corrected chi connectivity index (χ4v) is 7.43. The second kappa shape index (κ2) is 5.19. The molecule has 130 valence electrons. The number of hydrogen-bond donors (Lipinski definition) is 0. The van der Waals surface area contributed by atoms with E-state index >= 15 is 0 Å². The Morgan fingerprint density at radius 2 is 1.62 bits per heavy atom. The fraction of sp³-hybridized carbons (Fsp3) is 0.696. The van der Waals surface area contributed by atoms with Gasteiger partial charge in [-0.25, -0.2) is 0 Å². The summed E-state index contributed by atoms with van der Waals surface area (Å²) >= 11 is 0. The highest BCUT2D eigenvalue weighted by Crippen LogP contribution is 2.70. The van der Waals surface area contributed by atoms with Crippen molar-refractivity contribution in [2.75, 3.05) is 0 Å². The lowest BCUT2D eigenvalue weighted by molar-refractivity contribution is -0.148. The van der Waals surface area contributed by atoms with Gasteiger partial charge in [-0.05, 0) is 59.3 Å². The third-order valence-electron chi connectivity index (χ3n) is 8.29. The number of benzene rings is 1. The zero-order valence-corrected chi connectivity index (χ0v) is 15.8. The zero-order chi connectivity index (χ0) is 17.2. The molecule has 4 rings (SSSR count). The minimum Gasteiger partial charge on any atom is -0.299 e. The Kier molecular flexibility index (Phi) is 3.54. The highest BCUT2D eigenvalue weighted by atomic mass is 16.1. The number of Topliss-reactive ketones (excluding diaryl/α,β-unsaturated/α-hetero) is 1. The first-order valence-corrected chi connectivity index (χ1v) is 9.87. The molecule has 1 heteroatoms. The number of carbonyl (C=O) groups is 1. The van der Waals surface area contributed by atoms with E-state index in [4.69, 9.17) is 0 Å². The first kappa shape index (κ1) is 16.4. The molecular weight excluding hydrogens is 292 g/mol. The molecule has 0 radical (unpaired) electrons. The summed E-state index contributed by atoms with van der Waals surface area (Å²) in [4.78, 5) is 13.3. The minimum atomic E-state index is 0.150. The van der Waals surface area contributed by atoms with Crippen LogP contribution in [-0.2, 0) is 4.79 Å². The molecule has 1 nitrogen and oxygen atoms in total. The monoisotopic (exact) mass is 324 g/mol. The molecule has 3 saturated carbocycles.